The first-order chi connectivity index (χ1) is 12.0. The molecule has 2 aromatic rings. The summed E-state index contributed by atoms with van der Waals surface area (Å²) in [6.45, 7) is 2.01. The van der Waals surface area contributed by atoms with Crippen LogP contribution in [0.3, 0.4) is 0 Å². The summed E-state index contributed by atoms with van der Waals surface area (Å²) in [7, 11) is 0. The van der Waals surface area contributed by atoms with Gasteiger partial charge in [0.05, 0.1) is 12.3 Å². The van der Waals surface area contributed by atoms with Crippen LogP contribution in [0.2, 0.25) is 0 Å². The number of nitrogens with zero attached hydrogens (tertiary/aromatic N) is 2. The van der Waals surface area contributed by atoms with Crippen LogP contribution in [0.25, 0.3) is 0 Å². The molecule has 2 heterocycles. The van der Waals surface area contributed by atoms with Crippen molar-refractivity contribution in [2.75, 3.05) is 0 Å². The molecule has 6 heteroatoms. The lowest BCUT2D eigenvalue weighted by atomic mass is 9.99. The molecule has 1 aromatic heterocycles. The van der Waals surface area contributed by atoms with Gasteiger partial charge in [-0.15, -0.1) is 0 Å². The largest absolute Gasteiger partial charge is 0.481 e. The molecule has 1 atom stereocenters. The first kappa shape index (κ1) is 17.0. The summed E-state index contributed by atoms with van der Waals surface area (Å²) < 4.78 is 5.42. The number of carboxylic acid groups (broad SMARTS) is 1. The Morgan fingerprint density at radius 2 is 2.12 bits per heavy atom. The number of furan rings is 1. The average Bonchev–Trinajstić information content (AvgIpc) is 3.24. The number of aryl methyl sites for hydroxylation is 1. The van der Waals surface area contributed by atoms with Gasteiger partial charge in [-0.3, -0.25) is 9.59 Å². The van der Waals surface area contributed by atoms with Crippen molar-refractivity contribution in [1.82, 2.24) is 5.01 Å². The highest BCUT2D eigenvalue weighted by atomic mass is 16.4. The number of carboxylic acids is 1. The van der Waals surface area contributed by atoms with Crippen molar-refractivity contribution in [1.29, 1.82) is 0 Å². The summed E-state index contributed by atoms with van der Waals surface area (Å²) in [5.74, 6) is -0.419. The van der Waals surface area contributed by atoms with Crippen molar-refractivity contribution in [3.05, 3.63) is 59.5 Å². The third kappa shape index (κ3) is 3.96. The molecule has 1 amide bonds. The quantitative estimate of drug-likeness (QED) is 0.872. The van der Waals surface area contributed by atoms with Gasteiger partial charge in [-0.1, -0.05) is 29.8 Å². The summed E-state index contributed by atoms with van der Waals surface area (Å²) in [6, 6.07) is 11.4. The standard InChI is InChI=1S/C19H20N2O4/c1-13-5-2-6-14(11-13)16-12-15(17-7-4-10-25-17)20-21(16)18(22)8-3-9-19(23)24/h2,4-7,10-11,16H,3,8-9,12H2,1H3,(H,23,24)/t16-/m0/s1. The highest BCUT2D eigenvalue weighted by Crippen LogP contribution is 2.33. The van der Waals surface area contributed by atoms with Crippen molar-refractivity contribution < 1.29 is 19.1 Å². The fraction of sp³-hybridized carbons (Fsp3) is 0.316. The van der Waals surface area contributed by atoms with E-state index in [1.807, 2.05) is 37.3 Å². The van der Waals surface area contributed by atoms with Crippen LogP contribution in [-0.4, -0.2) is 27.7 Å². The van der Waals surface area contributed by atoms with E-state index in [2.05, 4.69) is 5.10 Å². The van der Waals surface area contributed by atoms with Crippen LogP contribution < -0.4 is 0 Å². The Labute approximate surface area is 145 Å². The lowest BCUT2D eigenvalue weighted by molar-refractivity contribution is -0.137. The van der Waals surface area contributed by atoms with Gasteiger partial charge in [-0.2, -0.15) is 5.10 Å². The number of benzene rings is 1. The lowest BCUT2D eigenvalue weighted by Crippen LogP contribution is -2.27. The second kappa shape index (κ2) is 7.34. The highest BCUT2D eigenvalue weighted by molar-refractivity contribution is 6.01. The maximum Gasteiger partial charge on any atom is 0.303 e. The van der Waals surface area contributed by atoms with Crippen molar-refractivity contribution in [3.63, 3.8) is 0 Å². The van der Waals surface area contributed by atoms with Gasteiger partial charge in [-0.25, -0.2) is 5.01 Å². The molecule has 0 spiro atoms. The van der Waals surface area contributed by atoms with Crippen LogP contribution in [0.15, 0.2) is 52.2 Å². The molecule has 0 unspecified atom stereocenters. The number of hydrogen-bond acceptors (Lipinski definition) is 4. The number of hydrogen-bond donors (Lipinski definition) is 1. The summed E-state index contributed by atoms with van der Waals surface area (Å²) in [5.41, 5.74) is 2.85. The van der Waals surface area contributed by atoms with Crippen LogP contribution in [0.1, 0.15) is 48.6 Å². The normalized spacial score (nSPS) is 16.8. The van der Waals surface area contributed by atoms with E-state index in [1.54, 1.807) is 12.3 Å². The highest BCUT2D eigenvalue weighted by Gasteiger charge is 2.33. The van der Waals surface area contributed by atoms with Gasteiger partial charge < -0.3 is 9.52 Å². The molecule has 0 saturated carbocycles. The van der Waals surface area contributed by atoms with Crippen LogP contribution in [0.5, 0.6) is 0 Å². The smallest absolute Gasteiger partial charge is 0.303 e. The predicted octanol–water partition coefficient (Wildman–Crippen LogP) is 3.52. The topological polar surface area (TPSA) is 83.1 Å². The minimum absolute atomic E-state index is 0.0244. The second-order valence-electron chi connectivity index (χ2n) is 6.14. The van der Waals surface area contributed by atoms with Crippen LogP contribution in [-0.2, 0) is 9.59 Å². The summed E-state index contributed by atoms with van der Waals surface area (Å²) in [6.07, 6.45) is 2.59. The van der Waals surface area contributed by atoms with Gasteiger partial charge in [0.15, 0.2) is 0 Å². The first-order valence-electron chi connectivity index (χ1n) is 8.26. The summed E-state index contributed by atoms with van der Waals surface area (Å²) >= 11 is 0. The Balaban J connectivity index is 1.83. The minimum atomic E-state index is -0.899. The van der Waals surface area contributed by atoms with Gasteiger partial charge in [0.1, 0.15) is 11.5 Å². The third-order valence-corrected chi connectivity index (χ3v) is 4.18. The predicted molar refractivity (Wildman–Crippen MR) is 92.1 cm³/mol. The molecule has 0 bridgehead atoms. The van der Waals surface area contributed by atoms with E-state index >= 15 is 0 Å². The van der Waals surface area contributed by atoms with Gasteiger partial charge in [0.25, 0.3) is 0 Å². The second-order valence-corrected chi connectivity index (χ2v) is 6.14. The van der Waals surface area contributed by atoms with E-state index in [9.17, 15) is 9.59 Å². The Hall–Kier alpha value is -2.89. The fourth-order valence-corrected chi connectivity index (χ4v) is 2.97. The van der Waals surface area contributed by atoms with Gasteiger partial charge in [0, 0.05) is 19.3 Å². The average molecular weight is 340 g/mol. The van der Waals surface area contributed by atoms with E-state index in [0.29, 0.717) is 18.6 Å². The Bertz CT molecular complexity index is 796. The summed E-state index contributed by atoms with van der Waals surface area (Å²) in [4.78, 5) is 23.3. The zero-order valence-electron chi connectivity index (χ0n) is 14.0. The molecular formula is C19H20N2O4. The molecule has 1 aliphatic rings. The summed E-state index contributed by atoms with van der Waals surface area (Å²) in [5, 5.41) is 14.7. The van der Waals surface area contributed by atoms with Crippen molar-refractivity contribution in [2.24, 2.45) is 5.10 Å². The molecule has 0 saturated heterocycles. The zero-order chi connectivity index (χ0) is 17.8. The van der Waals surface area contributed by atoms with Gasteiger partial charge in [0.2, 0.25) is 5.91 Å². The number of carbonyl (C=O) groups excluding carboxylic acids is 1. The van der Waals surface area contributed by atoms with Crippen LogP contribution in [0.4, 0.5) is 0 Å². The maximum absolute atomic E-state index is 12.6. The van der Waals surface area contributed by atoms with Crippen LogP contribution >= 0.6 is 0 Å². The number of carbonyl (C=O) groups is 2. The molecule has 1 aromatic carbocycles. The Kier molecular flexibility index (Phi) is 4.97. The molecule has 3 rings (SSSR count). The number of rotatable bonds is 6. The number of hydrazone groups is 1. The van der Waals surface area contributed by atoms with E-state index in [-0.39, 0.29) is 24.8 Å². The molecule has 1 N–H and O–H groups in total. The molecule has 0 aliphatic carbocycles. The molecular weight excluding hydrogens is 320 g/mol. The third-order valence-electron chi connectivity index (χ3n) is 4.18. The monoisotopic (exact) mass is 340 g/mol. The van der Waals surface area contributed by atoms with E-state index in [0.717, 1.165) is 16.8 Å². The molecule has 6 nitrogen and oxygen atoms in total. The number of aliphatic carboxylic acids is 1. The fourth-order valence-electron chi connectivity index (χ4n) is 2.97. The first-order valence-corrected chi connectivity index (χ1v) is 8.26. The lowest BCUT2D eigenvalue weighted by Gasteiger charge is -2.22. The van der Waals surface area contributed by atoms with E-state index in [1.165, 1.54) is 5.01 Å². The molecule has 25 heavy (non-hydrogen) atoms. The Morgan fingerprint density at radius 1 is 1.28 bits per heavy atom. The number of amides is 1. The van der Waals surface area contributed by atoms with Crippen molar-refractivity contribution in [2.45, 2.75) is 38.6 Å². The van der Waals surface area contributed by atoms with E-state index < -0.39 is 5.97 Å². The Morgan fingerprint density at radius 3 is 2.80 bits per heavy atom. The maximum atomic E-state index is 12.6. The van der Waals surface area contributed by atoms with Gasteiger partial charge in [-0.05, 0) is 31.0 Å². The SMILES string of the molecule is Cc1cccc([C@@H]2CC(c3ccco3)=NN2C(=O)CCCC(=O)O)c1. The zero-order valence-corrected chi connectivity index (χ0v) is 14.0. The molecule has 0 fully saturated rings. The van der Waals surface area contributed by atoms with Crippen molar-refractivity contribution >= 4 is 17.6 Å². The van der Waals surface area contributed by atoms with Crippen molar-refractivity contribution in [3.8, 4) is 0 Å². The van der Waals surface area contributed by atoms with E-state index in [4.69, 9.17) is 9.52 Å². The molecule has 130 valence electrons. The van der Waals surface area contributed by atoms with Gasteiger partial charge >= 0.3 is 5.97 Å². The minimum Gasteiger partial charge on any atom is -0.481 e. The molecule has 0 radical (unpaired) electrons. The van der Waals surface area contributed by atoms with Crippen LogP contribution in [0, 0.1) is 6.92 Å². The molecule has 1 aliphatic heterocycles.